The van der Waals surface area contributed by atoms with E-state index in [1.807, 2.05) is 75.3 Å². The number of hydrogen-bond acceptors (Lipinski definition) is 5. The van der Waals surface area contributed by atoms with Crippen LogP contribution < -0.4 is 20.9 Å². The van der Waals surface area contributed by atoms with Crippen molar-refractivity contribution < 1.29 is 14.7 Å². The smallest absolute Gasteiger partial charge is 0.242 e. The van der Waals surface area contributed by atoms with E-state index in [1.165, 1.54) is 0 Å². The van der Waals surface area contributed by atoms with Crippen LogP contribution in [0.5, 0.6) is 5.75 Å². The van der Waals surface area contributed by atoms with E-state index in [1.54, 1.807) is 6.07 Å². The Morgan fingerprint density at radius 2 is 1.74 bits per heavy atom. The lowest BCUT2D eigenvalue weighted by molar-refractivity contribution is -0.130. The van der Waals surface area contributed by atoms with Crippen molar-refractivity contribution >= 4 is 17.5 Å². The Morgan fingerprint density at radius 3 is 2.35 bits per heavy atom. The molecule has 0 aromatic heterocycles. The third-order valence-corrected chi connectivity index (χ3v) is 5.79. The lowest BCUT2D eigenvalue weighted by Gasteiger charge is -2.26. The topological polar surface area (TPSA) is 93.7 Å². The third-order valence-electron chi connectivity index (χ3n) is 5.79. The minimum Gasteiger partial charge on any atom is -0.508 e. The number of nitrogens with one attached hydrogen (secondary N) is 3. The molecule has 0 aliphatic carbocycles. The number of amides is 2. The molecule has 0 unspecified atom stereocenters. The fourth-order valence-corrected chi connectivity index (χ4v) is 3.67. The van der Waals surface area contributed by atoms with Crippen molar-refractivity contribution in [2.24, 2.45) is 5.92 Å². The highest BCUT2D eigenvalue weighted by Gasteiger charge is 2.27. The molecule has 4 N–H and O–H groups in total. The van der Waals surface area contributed by atoms with Crippen LogP contribution in [0.15, 0.2) is 48.5 Å². The lowest BCUT2D eigenvalue weighted by atomic mass is 10.0. The molecule has 34 heavy (non-hydrogen) atoms. The van der Waals surface area contributed by atoms with Crippen molar-refractivity contribution in [2.45, 2.75) is 58.7 Å². The van der Waals surface area contributed by atoms with Crippen LogP contribution in [0.4, 0.5) is 5.69 Å². The van der Waals surface area contributed by atoms with E-state index in [0.29, 0.717) is 25.1 Å². The van der Waals surface area contributed by atoms with E-state index in [-0.39, 0.29) is 23.5 Å². The van der Waals surface area contributed by atoms with Crippen LogP contribution in [0.3, 0.4) is 0 Å². The Labute approximate surface area is 203 Å². The maximum absolute atomic E-state index is 13.3. The maximum atomic E-state index is 13.3. The van der Waals surface area contributed by atoms with Gasteiger partial charge in [-0.25, -0.2) is 0 Å². The van der Waals surface area contributed by atoms with Gasteiger partial charge in [-0.2, -0.15) is 0 Å². The van der Waals surface area contributed by atoms with Crippen molar-refractivity contribution in [1.29, 1.82) is 0 Å². The Hall–Kier alpha value is -3.06. The predicted molar refractivity (Wildman–Crippen MR) is 138 cm³/mol. The first-order valence-corrected chi connectivity index (χ1v) is 12.1. The van der Waals surface area contributed by atoms with Crippen LogP contribution in [0.1, 0.15) is 44.7 Å². The van der Waals surface area contributed by atoms with Crippen LogP contribution in [0.2, 0.25) is 0 Å². The monoisotopic (exact) mass is 468 g/mol. The van der Waals surface area contributed by atoms with E-state index in [0.717, 1.165) is 24.1 Å². The van der Waals surface area contributed by atoms with Crippen LogP contribution in [0.25, 0.3) is 0 Å². The number of phenols is 1. The number of hydrogen-bond donors (Lipinski definition) is 4. The summed E-state index contributed by atoms with van der Waals surface area (Å²) in [6.45, 7) is 6.90. The first-order valence-electron chi connectivity index (χ1n) is 12.1. The van der Waals surface area contributed by atoms with E-state index in [4.69, 9.17) is 0 Å². The van der Waals surface area contributed by atoms with Gasteiger partial charge in [0, 0.05) is 44.9 Å². The van der Waals surface area contributed by atoms with Crippen molar-refractivity contribution in [3.05, 3.63) is 59.7 Å². The summed E-state index contributed by atoms with van der Waals surface area (Å²) in [7, 11) is 3.87. The Kier molecular flexibility index (Phi) is 10.9. The normalized spacial score (nSPS) is 12.8. The van der Waals surface area contributed by atoms with E-state index in [2.05, 4.69) is 22.9 Å². The van der Waals surface area contributed by atoms with Gasteiger partial charge < -0.3 is 26.0 Å². The maximum Gasteiger partial charge on any atom is 0.242 e. The van der Waals surface area contributed by atoms with Gasteiger partial charge in [-0.05, 0) is 36.1 Å². The molecule has 186 valence electrons. The summed E-state index contributed by atoms with van der Waals surface area (Å²) in [6.07, 6.45) is 2.29. The molecule has 0 bridgehead atoms. The van der Waals surface area contributed by atoms with E-state index < -0.39 is 12.1 Å². The molecule has 0 radical (unpaired) electrons. The second-order valence-corrected chi connectivity index (χ2v) is 9.21. The molecule has 0 aliphatic heterocycles. The zero-order chi connectivity index (χ0) is 25.1. The Morgan fingerprint density at radius 1 is 1.03 bits per heavy atom. The number of phenolic OH excluding ortho intramolecular Hbond substituents is 1. The van der Waals surface area contributed by atoms with Gasteiger partial charge in [0.25, 0.3) is 0 Å². The van der Waals surface area contributed by atoms with Gasteiger partial charge in [-0.15, -0.1) is 0 Å². The molecule has 7 heteroatoms. The fourth-order valence-electron chi connectivity index (χ4n) is 3.67. The number of nitrogens with zero attached hydrogens (tertiary/aromatic N) is 1. The molecule has 2 aromatic carbocycles. The molecule has 0 spiro atoms. The molecule has 0 aliphatic rings. The van der Waals surface area contributed by atoms with Crippen molar-refractivity contribution in [3.8, 4) is 5.75 Å². The molecule has 2 amide bonds. The average Bonchev–Trinajstić information content (AvgIpc) is 2.80. The van der Waals surface area contributed by atoms with E-state index >= 15 is 0 Å². The minimum atomic E-state index is -0.666. The number of anilines is 1. The number of unbranched alkanes of at least 4 members (excludes halogenated alkanes) is 1. The van der Waals surface area contributed by atoms with Gasteiger partial charge in [-0.1, -0.05) is 57.5 Å². The van der Waals surface area contributed by atoms with Crippen LogP contribution in [-0.2, 0) is 22.6 Å². The van der Waals surface area contributed by atoms with Gasteiger partial charge in [0.1, 0.15) is 11.8 Å². The van der Waals surface area contributed by atoms with Gasteiger partial charge >= 0.3 is 0 Å². The molecular weight excluding hydrogens is 428 g/mol. The SMILES string of the molecule is CCCCNC(=O)[C@H](Cc1ccccc1)NC(=O)[C@@H](NCc1cc(N(C)C)ccc1O)C(C)C. The van der Waals surface area contributed by atoms with Crippen molar-refractivity contribution in [3.63, 3.8) is 0 Å². The molecule has 2 aromatic rings. The molecule has 0 saturated carbocycles. The van der Waals surface area contributed by atoms with Crippen LogP contribution in [0, 0.1) is 5.92 Å². The number of aromatic hydroxyl groups is 1. The van der Waals surface area contributed by atoms with Gasteiger partial charge in [0.2, 0.25) is 11.8 Å². The standard InChI is InChI=1S/C27H40N4O3/c1-6-7-15-28-26(33)23(16-20-11-9-8-10-12-20)30-27(34)25(19(2)3)29-18-21-17-22(31(4)5)13-14-24(21)32/h8-14,17,19,23,25,29,32H,6-7,15-16,18H2,1-5H3,(H,28,33)(H,30,34)/t23-,25-/m0/s1. The summed E-state index contributed by atoms with van der Waals surface area (Å²) in [5.74, 6) is -0.243. The molecular formula is C27H40N4O3. The van der Waals surface area contributed by atoms with Crippen molar-refractivity contribution in [1.82, 2.24) is 16.0 Å². The van der Waals surface area contributed by atoms with E-state index in [9.17, 15) is 14.7 Å². The van der Waals surface area contributed by atoms with Gasteiger partial charge in [0.05, 0.1) is 6.04 Å². The average molecular weight is 469 g/mol. The number of carbonyl (C=O) groups excluding carboxylic acids is 2. The largest absolute Gasteiger partial charge is 0.508 e. The zero-order valence-electron chi connectivity index (χ0n) is 21.1. The number of rotatable bonds is 13. The zero-order valence-corrected chi connectivity index (χ0v) is 21.1. The molecule has 2 rings (SSSR count). The minimum absolute atomic E-state index is 0.0142. The van der Waals surface area contributed by atoms with Gasteiger partial charge in [-0.3, -0.25) is 9.59 Å². The third kappa shape index (κ3) is 8.37. The molecule has 2 atom stereocenters. The highest BCUT2D eigenvalue weighted by atomic mass is 16.3. The molecule has 7 nitrogen and oxygen atoms in total. The predicted octanol–water partition coefficient (Wildman–Crippen LogP) is 3.22. The quantitative estimate of drug-likeness (QED) is 0.339. The molecule has 0 heterocycles. The number of carbonyl (C=O) groups is 2. The molecule has 0 fully saturated rings. The highest BCUT2D eigenvalue weighted by molar-refractivity contribution is 5.90. The highest BCUT2D eigenvalue weighted by Crippen LogP contribution is 2.23. The summed E-state index contributed by atoms with van der Waals surface area (Å²) in [5, 5.41) is 19.5. The summed E-state index contributed by atoms with van der Waals surface area (Å²) in [4.78, 5) is 28.1. The van der Waals surface area contributed by atoms with Crippen LogP contribution >= 0.6 is 0 Å². The van der Waals surface area contributed by atoms with Crippen molar-refractivity contribution in [2.75, 3.05) is 25.5 Å². The first kappa shape index (κ1) is 27.2. The molecule has 0 saturated heterocycles. The summed E-state index contributed by atoms with van der Waals surface area (Å²) in [5.41, 5.74) is 2.66. The first-order chi connectivity index (χ1) is 16.2. The Bertz CT molecular complexity index is 915. The van der Waals surface area contributed by atoms with Gasteiger partial charge in [0.15, 0.2) is 0 Å². The van der Waals surface area contributed by atoms with Crippen LogP contribution in [-0.4, -0.2) is 49.6 Å². The number of benzene rings is 2. The summed E-state index contributed by atoms with van der Waals surface area (Å²) in [6, 6.07) is 13.9. The fraction of sp³-hybridized carbons (Fsp3) is 0.481. The lowest BCUT2D eigenvalue weighted by Crippen LogP contribution is -2.55. The Balaban J connectivity index is 2.12. The second-order valence-electron chi connectivity index (χ2n) is 9.21. The second kappa shape index (κ2) is 13.6. The summed E-state index contributed by atoms with van der Waals surface area (Å²) >= 11 is 0. The summed E-state index contributed by atoms with van der Waals surface area (Å²) < 4.78 is 0.